The van der Waals surface area contributed by atoms with E-state index in [1.54, 1.807) is 0 Å². The van der Waals surface area contributed by atoms with Crippen molar-refractivity contribution in [1.82, 2.24) is 0 Å². The van der Waals surface area contributed by atoms with Gasteiger partial charge in [0, 0.05) is 17.1 Å². The highest BCUT2D eigenvalue weighted by Crippen LogP contribution is 2.60. The topological polar surface area (TPSA) is 3.24 Å². The summed E-state index contributed by atoms with van der Waals surface area (Å²) in [5, 5.41) is 0. The second-order valence-electron chi connectivity index (χ2n) is 20.1. The van der Waals surface area contributed by atoms with Crippen LogP contribution in [-0.4, -0.2) is 0 Å². The highest BCUT2D eigenvalue weighted by atomic mass is 15.1. The zero-order valence-electron chi connectivity index (χ0n) is 40.7. The Labute approximate surface area is 414 Å². The lowest BCUT2D eigenvalue weighted by Gasteiger charge is -2.36. The second kappa shape index (κ2) is 17.2. The molecule has 12 rings (SSSR count). The molecule has 0 radical (unpaired) electrons. The summed E-state index contributed by atoms with van der Waals surface area (Å²) in [6.07, 6.45) is 0. The summed E-state index contributed by atoms with van der Waals surface area (Å²) in [4.78, 5) is 2.49. The van der Waals surface area contributed by atoms with Crippen molar-refractivity contribution in [2.45, 2.75) is 57.3 Å². The van der Waals surface area contributed by atoms with Crippen molar-refractivity contribution in [2.75, 3.05) is 4.90 Å². The van der Waals surface area contributed by atoms with Crippen LogP contribution in [0, 0.1) is 6.92 Å². The van der Waals surface area contributed by atoms with Crippen molar-refractivity contribution in [3.05, 3.63) is 304 Å². The Hall–Kier alpha value is -8.00. The first-order valence-electron chi connectivity index (χ1n) is 25.0. The number of hydrogen-bond donors (Lipinski definition) is 0. The van der Waals surface area contributed by atoms with E-state index in [0.717, 1.165) is 17.1 Å². The molecule has 0 saturated carbocycles. The number of aryl methyl sites for hydroxylation is 1. The van der Waals surface area contributed by atoms with Gasteiger partial charge in [0.25, 0.3) is 0 Å². The summed E-state index contributed by atoms with van der Waals surface area (Å²) in [5.74, 6) is 0.766. The normalized spacial score (nSPS) is 15.1. The highest BCUT2D eigenvalue weighted by Gasteiger charge is 2.48. The fourth-order valence-electron chi connectivity index (χ4n) is 12.0. The van der Waals surface area contributed by atoms with Crippen LogP contribution in [0.25, 0.3) is 33.4 Å². The number of benzene rings is 10. The van der Waals surface area contributed by atoms with Crippen LogP contribution >= 0.6 is 0 Å². The van der Waals surface area contributed by atoms with Crippen molar-refractivity contribution in [2.24, 2.45) is 0 Å². The lowest BCUT2D eigenvalue weighted by atomic mass is 9.66. The van der Waals surface area contributed by atoms with Gasteiger partial charge in [0.2, 0.25) is 0 Å². The van der Waals surface area contributed by atoms with Crippen molar-refractivity contribution in [1.29, 1.82) is 0 Å². The third-order valence-electron chi connectivity index (χ3n) is 15.4. The molecule has 0 aliphatic heterocycles. The summed E-state index contributed by atoms with van der Waals surface area (Å²) >= 11 is 0. The maximum Gasteiger partial charge on any atom is 0.0714 e. The zero-order chi connectivity index (χ0) is 47.6. The fourth-order valence-corrected chi connectivity index (χ4v) is 12.0. The molecule has 1 unspecified atom stereocenters. The molecule has 1 heteroatoms. The molecule has 70 heavy (non-hydrogen) atoms. The van der Waals surface area contributed by atoms with Gasteiger partial charge in [-0.2, -0.15) is 0 Å². The first-order chi connectivity index (χ1) is 34.3. The minimum atomic E-state index is -0.597. The van der Waals surface area contributed by atoms with Gasteiger partial charge in [-0.3, -0.25) is 0 Å². The Bertz CT molecular complexity index is 3510. The third-order valence-corrected chi connectivity index (χ3v) is 15.4. The maximum absolute atomic E-state index is 2.52. The average molecular weight is 900 g/mol. The number of hydrogen-bond acceptors (Lipinski definition) is 1. The first-order valence-corrected chi connectivity index (χ1v) is 25.0. The largest absolute Gasteiger partial charge is 0.310 e. The number of nitrogens with zero attached hydrogens (tertiary/aromatic N) is 1. The van der Waals surface area contributed by atoms with Crippen LogP contribution in [0.2, 0.25) is 0 Å². The molecule has 0 bridgehead atoms. The Morgan fingerprint density at radius 2 is 0.729 bits per heavy atom. The molecule has 338 valence electrons. The molecule has 0 aromatic heterocycles. The molecule has 10 aromatic carbocycles. The van der Waals surface area contributed by atoms with Crippen molar-refractivity contribution < 1.29 is 0 Å². The second-order valence-corrected chi connectivity index (χ2v) is 20.1. The van der Waals surface area contributed by atoms with Crippen LogP contribution in [0.4, 0.5) is 17.1 Å². The predicted octanol–water partition coefficient (Wildman–Crippen LogP) is 18.1. The highest BCUT2D eigenvalue weighted by molar-refractivity contribution is 5.92. The van der Waals surface area contributed by atoms with Gasteiger partial charge >= 0.3 is 0 Å². The van der Waals surface area contributed by atoms with Crippen LogP contribution in [0.15, 0.2) is 243 Å². The van der Waals surface area contributed by atoms with E-state index in [2.05, 4.69) is 282 Å². The van der Waals surface area contributed by atoms with E-state index in [1.807, 2.05) is 0 Å². The molecule has 0 fully saturated rings. The quantitative estimate of drug-likeness (QED) is 0.132. The SMILES string of the molecule is Cc1ccc(C2(c3cccc(-c4ccccc4)c3)c3ccccc3-c3ccc(N(c4ccccc4)c4ccc5c(c4)C(c4cccc(C(C)C)c4)(c4cccc(C(C)C)c4)c4ccccc4-5)cc32)cc1. The minimum Gasteiger partial charge on any atom is -0.310 e. The van der Waals surface area contributed by atoms with E-state index in [0.29, 0.717) is 11.8 Å². The molecular formula is C69H57N. The Morgan fingerprint density at radius 3 is 1.26 bits per heavy atom. The van der Waals surface area contributed by atoms with E-state index in [-0.39, 0.29) is 0 Å². The summed E-state index contributed by atoms with van der Waals surface area (Å²) < 4.78 is 0. The van der Waals surface area contributed by atoms with E-state index < -0.39 is 10.8 Å². The van der Waals surface area contributed by atoms with E-state index >= 15 is 0 Å². The van der Waals surface area contributed by atoms with Gasteiger partial charge in [-0.25, -0.2) is 0 Å². The third kappa shape index (κ3) is 6.74. The number of fused-ring (bicyclic) bond motifs is 6. The molecule has 0 heterocycles. The number of rotatable bonds is 10. The van der Waals surface area contributed by atoms with Gasteiger partial charge in [-0.05, 0) is 150 Å². The molecule has 0 N–H and O–H groups in total. The average Bonchev–Trinajstić information content (AvgIpc) is 3.87. The summed E-state index contributed by atoms with van der Waals surface area (Å²) in [7, 11) is 0. The van der Waals surface area contributed by atoms with Gasteiger partial charge in [0.05, 0.1) is 10.8 Å². The van der Waals surface area contributed by atoms with E-state index in [4.69, 9.17) is 0 Å². The Morgan fingerprint density at radius 1 is 0.300 bits per heavy atom. The predicted molar refractivity (Wildman–Crippen MR) is 294 cm³/mol. The number of para-hydroxylation sites is 1. The number of anilines is 3. The molecule has 0 saturated heterocycles. The molecule has 10 aromatic rings. The lowest BCUT2D eigenvalue weighted by Crippen LogP contribution is -2.29. The molecule has 2 aliphatic carbocycles. The molecule has 1 nitrogen and oxygen atoms in total. The van der Waals surface area contributed by atoms with Crippen LogP contribution in [0.1, 0.15) is 101 Å². The summed E-state index contributed by atoms with van der Waals surface area (Å²) in [6.45, 7) is 11.4. The molecule has 1 atom stereocenters. The fraction of sp³-hybridized carbons (Fsp3) is 0.130. The molecule has 2 aliphatic rings. The molecule has 0 spiro atoms. The van der Waals surface area contributed by atoms with Gasteiger partial charge in [-0.15, -0.1) is 0 Å². The van der Waals surface area contributed by atoms with E-state index in [1.165, 1.54) is 94.6 Å². The van der Waals surface area contributed by atoms with Crippen molar-refractivity contribution in [3.8, 4) is 33.4 Å². The van der Waals surface area contributed by atoms with Crippen LogP contribution in [0.5, 0.6) is 0 Å². The smallest absolute Gasteiger partial charge is 0.0714 e. The van der Waals surface area contributed by atoms with Crippen molar-refractivity contribution >= 4 is 17.1 Å². The first kappa shape index (κ1) is 43.3. The summed E-state index contributed by atoms with van der Waals surface area (Å²) in [6, 6.07) is 91.9. The zero-order valence-corrected chi connectivity index (χ0v) is 40.7. The monoisotopic (exact) mass is 899 g/mol. The Balaban J connectivity index is 1.13. The van der Waals surface area contributed by atoms with Crippen LogP contribution in [-0.2, 0) is 10.8 Å². The van der Waals surface area contributed by atoms with Gasteiger partial charge in [0.15, 0.2) is 0 Å². The minimum absolute atomic E-state index is 0.383. The van der Waals surface area contributed by atoms with Crippen molar-refractivity contribution in [3.63, 3.8) is 0 Å². The van der Waals surface area contributed by atoms with Crippen LogP contribution < -0.4 is 4.90 Å². The molecular weight excluding hydrogens is 843 g/mol. The Kier molecular flexibility index (Phi) is 10.6. The van der Waals surface area contributed by atoms with Gasteiger partial charge in [0.1, 0.15) is 0 Å². The van der Waals surface area contributed by atoms with Gasteiger partial charge < -0.3 is 4.90 Å². The van der Waals surface area contributed by atoms with E-state index in [9.17, 15) is 0 Å². The lowest BCUT2D eigenvalue weighted by molar-refractivity contribution is 0.753. The van der Waals surface area contributed by atoms with Crippen LogP contribution in [0.3, 0.4) is 0 Å². The summed E-state index contributed by atoms with van der Waals surface area (Å²) in [5.41, 5.74) is 23.9. The molecule has 0 amide bonds. The maximum atomic E-state index is 2.52. The van der Waals surface area contributed by atoms with Gasteiger partial charge in [-0.1, -0.05) is 233 Å². The standard InChI is InChI=1S/C69H57N/c1-46(2)50-21-16-24-54(41-50)69(55-25-17-22-51(42-55)47(3)4)65-32-15-13-30-61(65)63-40-38-59(45-67(63)69)70(57-27-10-7-11-28-57)58-37-39-62-60-29-12-14-31-64(60)68(66(62)44-58,53-35-33-48(5)34-36-53)56-26-18-23-52(43-56)49-19-8-6-9-20-49/h6-47H,1-5H3.